The van der Waals surface area contributed by atoms with Crippen LogP contribution in [-0.4, -0.2) is 34.5 Å². The molecule has 0 unspecified atom stereocenters. The van der Waals surface area contributed by atoms with E-state index in [1.54, 1.807) is 14.1 Å². The van der Waals surface area contributed by atoms with Crippen molar-refractivity contribution in [1.82, 2.24) is 14.5 Å². The molecule has 2 aromatic rings. The summed E-state index contributed by atoms with van der Waals surface area (Å²) < 4.78 is 29.2. The van der Waals surface area contributed by atoms with E-state index >= 15 is 0 Å². The molecule has 0 aliphatic rings. The number of carbonyl (C=O) groups excluding carboxylic acids is 1. The molecule has 2 rings (SSSR count). The summed E-state index contributed by atoms with van der Waals surface area (Å²) >= 11 is 0. The Kier molecular flexibility index (Phi) is 3.39. The minimum atomic E-state index is -0.853. The number of nitrogens with zero attached hydrogens (tertiary/aromatic N) is 4. The fraction of sp³-hybridized carbons (Fsp3) is 0.250. The highest BCUT2D eigenvalue weighted by Crippen LogP contribution is 2.26. The van der Waals surface area contributed by atoms with Gasteiger partial charge in [0.1, 0.15) is 0 Å². The van der Waals surface area contributed by atoms with Gasteiger partial charge in [-0.2, -0.15) is 9.37 Å². The molecular formula is C12H13F2N5O. The van der Waals surface area contributed by atoms with Crippen molar-refractivity contribution < 1.29 is 13.6 Å². The lowest BCUT2D eigenvalue weighted by atomic mass is 10.2. The molecule has 0 radical (unpaired) electrons. The molecule has 0 saturated heterocycles. The van der Waals surface area contributed by atoms with Crippen LogP contribution in [0.2, 0.25) is 0 Å². The van der Waals surface area contributed by atoms with Crippen LogP contribution in [0.25, 0.3) is 11.3 Å². The SMILES string of the molecule is CN(C)c1nc(F)c(-c2cnc(C(N)=O)n2C)cc1F. The van der Waals surface area contributed by atoms with Crippen molar-refractivity contribution in [1.29, 1.82) is 0 Å². The first-order valence-electron chi connectivity index (χ1n) is 5.68. The molecule has 0 saturated carbocycles. The van der Waals surface area contributed by atoms with E-state index in [-0.39, 0.29) is 22.9 Å². The molecule has 20 heavy (non-hydrogen) atoms. The maximum absolute atomic E-state index is 14.0. The molecule has 0 bridgehead atoms. The third kappa shape index (κ3) is 2.20. The molecule has 2 aromatic heterocycles. The largest absolute Gasteiger partial charge is 0.363 e. The van der Waals surface area contributed by atoms with Gasteiger partial charge in [0.25, 0.3) is 5.91 Å². The van der Waals surface area contributed by atoms with Crippen LogP contribution in [0.1, 0.15) is 10.6 Å². The predicted molar refractivity (Wildman–Crippen MR) is 69.2 cm³/mol. The average molecular weight is 281 g/mol. The Bertz CT molecular complexity index is 681. The van der Waals surface area contributed by atoms with Crippen LogP contribution in [-0.2, 0) is 7.05 Å². The van der Waals surface area contributed by atoms with Crippen molar-refractivity contribution in [3.05, 3.63) is 29.9 Å². The minimum Gasteiger partial charge on any atom is -0.363 e. The highest BCUT2D eigenvalue weighted by molar-refractivity contribution is 5.90. The Morgan fingerprint density at radius 2 is 2.05 bits per heavy atom. The van der Waals surface area contributed by atoms with Crippen molar-refractivity contribution in [2.75, 3.05) is 19.0 Å². The lowest BCUT2D eigenvalue weighted by Gasteiger charge is -2.13. The standard InChI is InChI=1S/C12H13F2N5O/c1-18(2)11-7(13)4-6(9(14)17-11)8-5-16-12(10(15)20)19(8)3/h4-5H,1-3H3,(H2,15,20). The number of nitrogens with two attached hydrogens (primary N) is 1. The monoisotopic (exact) mass is 281 g/mol. The molecule has 8 heteroatoms. The number of pyridine rings is 1. The molecule has 2 N–H and O–H groups in total. The van der Waals surface area contributed by atoms with Crippen LogP contribution in [0.5, 0.6) is 0 Å². The normalized spacial score (nSPS) is 10.7. The number of halogens is 2. The second-order valence-corrected chi connectivity index (χ2v) is 4.42. The van der Waals surface area contributed by atoms with Gasteiger partial charge in [0.05, 0.1) is 17.5 Å². The van der Waals surface area contributed by atoms with E-state index in [1.807, 2.05) is 0 Å². The molecule has 0 aliphatic carbocycles. The van der Waals surface area contributed by atoms with Crippen molar-refractivity contribution in [2.24, 2.45) is 12.8 Å². The van der Waals surface area contributed by atoms with Crippen LogP contribution < -0.4 is 10.6 Å². The minimum absolute atomic E-state index is 0.0449. The maximum atomic E-state index is 14.0. The van der Waals surface area contributed by atoms with Gasteiger partial charge in [0.2, 0.25) is 5.95 Å². The number of carbonyl (C=O) groups is 1. The lowest BCUT2D eigenvalue weighted by Crippen LogP contribution is -2.17. The Labute approximate surface area is 113 Å². The predicted octanol–water partition coefficient (Wildman–Crippen LogP) is 0.925. The summed E-state index contributed by atoms with van der Waals surface area (Å²) in [5.41, 5.74) is 5.25. The second-order valence-electron chi connectivity index (χ2n) is 4.42. The number of primary amides is 1. The summed E-state index contributed by atoms with van der Waals surface area (Å²) in [7, 11) is 4.60. The highest BCUT2D eigenvalue weighted by atomic mass is 19.1. The fourth-order valence-electron chi connectivity index (χ4n) is 1.84. The summed E-state index contributed by atoms with van der Waals surface area (Å²) in [4.78, 5) is 19.8. The smallest absolute Gasteiger partial charge is 0.284 e. The van der Waals surface area contributed by atoms with E-state index in [9.17, 15) is 13.6 Å². The topological polar surface area (TPSA) is 77.0 Å². The quantitative estimate of drug-likeness (QED) is 0.849. The van der Waals surface area contributed by atoms with Crippen LogP contribution in [0.15, 0.2) is 12.3 Å². The molecule has 1 amide bonds. The molecule has 6 nitrogen and oxygen atoms in total. The fourth-order valence-corrected chi connectivity index (χ4v) is 1.84. The van der Waals surface area contributed by atoms with E-state index < -0.39 is 17.7 Å². The summed E-state index contributed by atoms with van der Waals surface area (Å²) in [6.07, 6.45) is 1.24. The number of amides is 1. The molecule has 106 valence electrons. The summed E-state index contributed by atoms with van der Waals surface area (Å²) in [6, 6.07) is 1.01. The first-order valence-corrected chi connectivity index (χ1v) is 5.68. The van der Waals surface area contributed by atoms with E-state index in [2.05, 4.69) is 9.97 Å². The molecule has 0 spiro atoms. The summed E-state index contributed by atoms with van der Waals surface area (Å²) in [6.45, 7) is 0. The van der Waals surface area contributed by atoms with Crippen molar-refractivity contribution in [2.45, 2.75) is 0 Å². The van der Waals surface area contributed by atoms with Gasteiger partial charge in [-0.25, -0.2) is 9.37 Å². The second kappa shape index (κ2) is 4.87. The van der Waals surface area contributed by atoms with E-state index in [0.29, 0.717) is 0 Å². The van der Waals surface area contributed by atoms with Crippen LogP contribution in [0, 0.1) is 11.8 Å². The Morgan fingerprint density at radius 1 is 1.40 bits per heavy atom. The third-order valence-corrected chi connectivity index (χ3v) is 2.82. The van der Waals surface area contributed by atoms with Crippen LogP contribution in [0.4, 0.5) is 14.6 Å². The third-order valence-electron chi connectivity index (χ3n) is 2.82. The zero-order chi connectivity index (χ0) is 15.0. The average Bonchev–Trinajstić information content (AvgIpc) is 2.73. The first kappa shape index (κ1) is 13.9. The number of aromatic nitrogens is 3. The molecule has 0 fully saturated rings. The van der Waals surface area contributed by atoms with Crippen LogP contribution in [0.3, 0.4) is 0 Å². The number of anilines is 1. The first-order chi connectivity index (χ1) is 9.32. The Hall–Kier alpha value is -2.51. The van der Waals surface area contributed by atoms with Gasteiger partial charge < -0.3 is 15.2 Å². The van der Waals surface area contributed by atoms with Gasteiger partial charge in [-0.3, -0.25) is 4.79 Å². The van der Waals surface area contributed by atoms with Crippen molar-refractivity contribution in [3.8, 4) is 11.3 Å². The van der Waals surface area contributed by atoms with E-state index in [4.69, 9.17) is 5.73 Å². The summed E-state index contributed by atoms with van der Waals surface area (Å²) in [5.74, 6) is -2.43. The number of imidazole rings is 1. The molecule has 0 atom stereocenters. The van der Waals surface area contributed by atoms with Gasteiger partial charge in [0, 0.05) is 21.1 Å². The lowest BCUT2D eigenvalue weighted by molar-refractivity contribution is 0.0987. The van der Waals surface area contributed by atoms with Gasteiger partial charge in [-0.1, -0.05) is 0 Å². The summed E-state index contributed by atoms with van der Waals surface area (Å²) in [5, 5.41) is 0. The van der Waals surface area contributed by atoms with E-state index in [0.717, 1.165) is 6.07 Å². The van der Waals surface area contributed by atoms with Crippen molar-refractivity contribution >= 4 is 11.7 Å². The number of rotatable bonds is 3. The number of hydrogen-bond donors (Lipinski definition) is 1. The Morgan fingerprint density at radius 3 is 2.55 bits per heavy atom. The molecular weight excluding hydrogens is 268 g/mol. The highest BCUT2D eigenvalue weighted by Gasteiger charge is 2.19. The van der Waals surface area contributed by atoms with E-state index in [1.165, 1.54) is 22.7 Å². The molecule has 0 aliphatic heterocycles. The van der Waals surface area contributed by atoms with Crippen molar-refractivity contribution in [3.63, 3.8) is 0 Å². The zero-order valence-electron chi connectivity index (χ0n) is 11.2. The number of hydrogen-bond acceptors (Lipinski definition) is 4. The maximum Gasteiger partial charge on any atom is 0.284 e. The Balaban J connectivity index is 2.59. The zero-order valence-corrected chi connectivity index (χ0v) is 11.2. The van der Waals surface area contributed by atoms with Gasteiger partial charge in [0.15, 0.2) is 17.5 Å². The van der Waals surface area contributed by atoms with Gasteiger partial charge >= 0.3 is 0 Å². The van der Waals surface area contributed by atoms with Gasteiger partial charge in [-0.15, -0.1) is 0 Å². The van der Waals surface area contributed by atoms with Crippen LogP contribution >= 0.6 is 0 Å². The molecule has 2 heterocycles. The molecule has 0 aromatic carbocycles. The van der Waals surface area contributed by atoms with Gasteiger partial charge in [-0.05, 0) is 6.07 Å².